The van der Waals surface area contributed by atoms with Crippen LogP contribution in [0.15, 0.2) is 95.1 Å². The van der Waals surface area contributed by atoms with Crippen molar-refractivity contribution in [3.05, 3.63) is 107 Å². The van der Waals surface area contributed by atoms with Crippen molar-refractivity contribution in [1.82, 2.24) is 0 Å². The van der Waals surface area contributed by atoms with Crippen LogP contribution in [0, 0.1) is 17.7 Å². The number of hydrogen-bond acceptors (Lipinski definition) is 5. The minimum Gasteiger partial charge on any atom is -0.512 e. The standard InChI is InChI=1S/C32H34FNO5S/c1-2-17-32(18-16-22-6-4-3-5-7-22)21-29(35)30(31(36)39-32)28-20-24(28)19-23-8-12-26(13-9-23)34-40(37,38)27-14-10-25(33)11-15-27/h3-15,24,28,34-35H,2,16-21H2,1H3. The number of halogens is 1. The second kappa shape index (κ2) is 11.5. The highest BCUT2D eigenvalue weighted by Gasteiger charge is 2.49. The van der Waals surface area contributed by atoms with Crippen LogP contribution < -0.4 is 4.72 Å². The van der Waals surface area contributed by atoms with Gasteiger partial charge in [0.25, 0.3) is 10.0 Å². The Kier molecular flexibility index (Phi) is 7.99. The van der Waals surface area contributed by atoms with E-state index in [0.29, 0.717) is 36.9 Å². The summed E-state index contributed by atoms with van der Waals surface area (Å²) in [6, 6.07) is 21.8. The smallest absolute Gasteiger partial charge is 0.338 e. The van der Waals surface area contributed by atoms with Gasteiger partial charge in [-0.05, 0) is 91.5 Å². The van der Waals surface area contributed by atoms with Crippen molar-refractivity contribution in [2.45, 2.75) is 62.4 Å². The Hall–Kier alpha value is -3.65. The van der Waals surface area contributed by atoms with E-state index in [1.165, 1.54) is 17.7 Å². The molecule has 0 radical (unpaired) electrons. The SMILES string of the molecule is CCCC1(CCc2ccccc2)CC(O)=C(C2CC2Cc2ccc(NS(=O)(=O)c3ccc(F)cc3)cc2)C(=O)O1. The molecule has 3 aromatic rings. The molecule has 3 atom stereocenters. The highest BCUT2D eigenvalue weighted by Crippen LogP contribution is 2.50. The van der Waals surface area contributed by atoms with Crippen LogP contribution in [0.2, 0.25) is 0 Å². The maximum atomic E-state index is 13.2. The first-order valence-electron chi connectivity index (χ1n) is 13.7. The molecule has 3 aromatic carbocycles. The number of esters is 1. The molecule has 1 saturated carbocycles. The molecule has 1 fully saturated rings. The van der Waals surface area contributed by atoms with Crippen molar-refractivity contribution >= 4 is 21.7 Å². The van der Waals surface area contributed by atoms with Crippen molar-refractivity contribution in [3.63, 3.8) is 0 Å². The second-order valence-electron chi connectivity index (χ2n) is 10.9. The van der Waals surface area contributed by atoms with E-state index in [0.717, 1.165) is 37.0 Å². The zero-order chi connectivity index (χ0) is 28.3. The van der Waals surface area contributed by atoms with Gasteiger partial charge in [-0.15, -0.1) is 0 Å². The average Bonchev–Trinajstić information content (AvgIpc) is 3.67. The zero-order valence-corrected chi connectivity index (χ0v) is 23.3. The van der Waals surface area contributed by atoms with Crippen molar-refractivity contribution in [2.24, 2.45) is 11.8 Å². The molecule has 8 heteroatoms. The number of aliphatic hydroxyl groups is 1. The van der Waals surface area contributed by atoms with E-state index in [1.54, 1.807) is 12.1 Å². The first-order valence-corrected chi connectivity index (χ1v) is 15.2. The number of hydrogen-bond donors (Lipinski definition) is 2. The molecule has 0 aromatic heterocycles. The lowest BCUT2D eigenvalue weighted by Gasteiger charge is -2.37. The number of anilines is 1. The molecular formula is C32H34FNO5S. The van der Waals surface area contributed by atoms with Crippen molar-refractivity contribution < 1.29 is 27.4 Å². The first kappa shape index (κ1) is 27.9. The van der Waals surface area contributed by atoms with Crippen LogP contribution in [-0.2, 0) is 32.4 Å². The first-order chi connectivity index (χ1) is 19.2. The molecule has 0 saturated heterocycles. The van der Waals surface area contributed by atoms with Crippen molar-refractivity contribution in [2.75, 3.05) is 4.72 Å². The lowest BCUT2D eigenvalue weighted by molar-refractivity contribution is -0.161. The van der Waals surface area contributed by atoms with Crippen LogP contribution in [-0.4, -0.2) is 25.1 Å². The van der Waals surface area contributed by atoms with Crippen LogP contribution in [0.5, 0.6) is 0 Å². The van der Waals surface area contributed by atoms with E-state index in [9.17, 15) is 22.7 Å². The number of nitrogens with one attached hydrogen (secondary N) is 1. The maximum absolute atomic E-state index is 13.2. The van der Waals surface area contributed by atoms with E-state index in [2.05, 4.69) is 23.8 Å². The molecule has 2 N–H and O–H groups in total. The van der Waals surface area contributed by atoms with Crippen molar-refractivity contribution in [3.8, 4) is 0 Å². The number of aliphatic hydroxyl groups excluding tert-OH is 1. The summed E-state index contributed by atoms with van der Waals surface area (Å²) in [6.07, 6.45) is 4.84. The lowest BCUT2D eigenvalue weighted by Crippen LogP contribution is -2.41. The van der Waals surface area contributed by atoms with Gasteiger partial charge in [-0.1, -0.05) is 55.8 Å². The summed E-state index contributed by atoms with van der Waals surface area (Å²) in [4.78, 5) is 13.2. The summed E-state index contributed by atoms with van der Waals surface area (Å²) in [5.41, 5.74) is 2.32. The van der Waals surface area contributed by atoms with Gasteiger partial charge in [-0.3, -0.25) is 4.72 Å². The fourth-order valence-corrected chi connectivity index (χ4v) is 6.77. The summed E-state index contributed by atoms with van der Waals surface area (Å²) in [6.45, 7) is 2.06. The molecule has 5 rings (SSSR count). The topological polar surface area (TPSA) is 92.7 Å². The Morgan fingerprint density at radius 1 is 0.975 bits per heavy atom. The molecule has 3 unspecified atom stereocenters. The lowest BCUT2D eigenvalue weighted by atomic mass is 9.83. The molecule has 2 aliphatic rings. The van der Waals surface area contributed by atoms with Crippen LogP contribution in [0.4, 0.5) is 10.1 Å². The minimum absolute atomic E-state index is 0.0192. The van der Waals surface area contributed by atoms with Gasteiger partial charge in [0.15, 0.2) is 0 Å². The van der Waals surface area contributed by atoms with E-state index in [-0.39, 0.29) is 22.5 Å². The van der Waals surface area contributed by atoms with E-state index >= 15 is 0 Å². The Morgan fingerprint density at radius 3 is 2.33 bits per heavy atom. The largest absolute Gasteiger partial charge is 0.512 e. The quantitative estimate of drug-likeness (QED) is 0.252. The Morgan fingerprint density at radius 2 is 1.68 bits per heavy atom. The van der Waals surface area contributed by atoms with Crippen LogP contribution in [0.1, 0.15) is 50.2 Å². The van der Waals surface area contributed by atoms with E-state index in [4.69, 9.17) is 4.74 Å². The monoisotopic (exact) mass is 563 g/mol. The average molecular weight is 564 g/mol. The molecule has 0 spiro atoms. The van der Waals surface area contributed by atoms with E-state index in [1.807, 2.05) is 30.3 Å². The number of rotatable bonds is 11. The van der Waals surface area contributed by atoms with Gasteiger partial charge in [0.05, 0.1) is 10.5 Å². The summed E-state index contributed by atoms with van der Waals surface area (Å²) < 4.78 is 46.9. The number of carbonyl (C=O) groups excluding carboxylic acids is 1. The third-order valence-electron chi connectivity index (χ3n) is 7.87. The predicted molar refractivity (Wildman–Crippen MR) is 152 cm³/mol. The number of carbonyl (C=O) groups is 1. The molecule has 1 heterocycles. The summed E-state index contributed by atoms with van der Waals surface area (Å²) >= 11 is 0. The summed E-state index contributed by atoms with van der Waals surface area (Å²) in [5, 5.41) is 11.0. The number of cyclic esters (lactones) is 1. The molecule has 0 bridgehead atoms. The molecule has 6 nitrogen and oxygen atoms in total. The van der Waals surface area contributed by atoms with Crippen LogP contribution in [0.3, 0.4) is 0 Å². The van der Waals surface area contributed by atoms with Crippen LogP contribution in [0.25, 0.3) is 0 Å². The van der Waals surface area contributed by atoms with Gasteiger partial charge in [0.2, 0.25) is 0 Å². The maximum Gasteiger partial charge on any atom is 0.338 e. The highest BCUT2D eigenvalue weighted by molar-refractivity contribution is 7.92. The molecular weight excluding hydrogens is 529 g/mol. The Bertz CT molecular complexity index is 1490. The van der Waals surface area contributed by atoms with Gasteiger partial charge in [-0.2, -0.15) is 0 Å². The highest BCUT2D eigenvalue weighted by atomic mass is 32.2. The summed E-state index contributed by atoms with van der Waals surface area (Å²) in [7, 11) is -3.83. The Balaban J connectivity index is 1.20. The molecule has 0 amide bonds. The van der Waals surface area contributed by atoms with Crippen LogP contribution >= 0.6 is 0 Å². The zero-order valence-electron chi connectivity index (χ0n) is 22.5. The molecule has 210 valence electrons. The molecule has 1 aliphatic heterocycles. The molecule has 1 aliphatic carbocycles. The second-order valence-corrected chi connectivity index (χ2v) is 12.6. The normalized spacial score (nSPS) is 22.6. The Labute approximate surface area is 234 Å². The summed E-state index contributed by atoms with van der Waals surface area (Å²) in [5.74, 6) is -0.581. The van der Waals surface area contributed by atoms with Gasteiger partial charge in [0.1, 0.15) is 17.2 Å². The van der Waals surface area contributed by atoms with Gasteiger partial charge < -0.3 is 9.84 Å². The number of sulfonamides is 1. The third-order valence-corrected chi connectivity index (χ3v) is 9.27. The number of benzene rings is 3. The van der Waals surface area contributed by atoms with Crippen molar-refractivity contribution in [1.29, 1.82) is 0 Å². The van der Waals surface area contributed by atoms with E-state index < -0.39 is 27.4 Å². The predicted octanol–water partition coefficient (Wildman–Crippen LogP) is 6.74. The fourth-order valence-electron chi connectivity index (χ4n) is 5.71. The number of aryl methyl sites for hydroxylation is 1. The van der Waals surface area contributed by atoms with Gasteiger partial charge >= 0.3 is 5.97 Å². The minimum atomic E-state index is -3.83. The van der Waals surface area contributed by atoms with Gasteiger partial charge in [-0.25, -0.2) is 17.6 Å². The van der Waals surface area contributed by atoms with Gasteiger partial charge in [0, 0.05) is 12.1 Å². The third kappa shape index (κ3) is 6.39. The fraction of sp³-hybridized carbons (Fsp3) is 0.344. The molecule has 40 heavy (non-hydrogen) atoms. The number of ether oxygens (including phenoxy) is 1.